The molecule has 112 valence electrons. The van der Waals surface area contributed by atoms with Gasteiger partial charge in [-0.3, -0.25) is 4.99 Å². The Bertz CT molecular complexity index is 561. The molecule has 4 rings (SSSR count). The van der Waals surface area contributed by atoms with Crippen LogP contribution in [0.5, 0.6) is 11.5 Å². The van der Waals surface area contributed by atoms with Crippen LogP contribution in [0.2, 0.25) is 0 Å². The zero-order chi connectivity index (χ0) is 14.1. The number of aliphatic imine (C=N–C) groups is 1. The minimum absolute atomic E-state index is 0.327. The van der Waals surface area contributed by atoms with Crippen LogP contribution in [0.25, 0.3) is 0 Å². The molecule has 2 atom stereocenters. The number of hydrogen-bond donors (Lipinski definition) is 1. The molecule has 21 heavy (non-hydrogen) atoms. The van der Waals surface area contributed by atoms with Gasteiger partial charge in [0.25, 0.3) is 0 Å². The van der Waals surface area contributed by atoms with E-state index in [1.807, 2.05) is 23.9 Å². The molecule has 0 radical (unpaired) electrons. The Kier molecular flexibility index (Phi) is 3.67. The minimum atomic E-state index is 0.327. The molecule has 0 aromatic heterocycles. The summed E-state index contributed by atoms with van der Waals surface area (Å²) in [7, 11) is 0. The number of fused-ring (bicyclic) bond motifs is 2. The first kappa shape index (κ1) is 13.3. The first-order valence-electron chi connectivity index (χ1n) is 7.71. The Morgan fingerprint density at radius 1 is 1.19 bits per heavy atom. The van der Waals surface area contributed by atoms with E-state index in [0.717, 1.165) is 22.6 Å². The van der Waals surface area contributed by atoms with Crippen molar-refractivity contribution >= 4 is 16.9 Å². The van der Waals surface area contributed by atoms with E-state index in [9.17, 15) is 0 Å². The lowest BCUT2D eigenvalue weighted by Crippen LogP contribution is -2.46. The van der Waals surface area contributed by atoms with E-state index in [-0.39, 0.29) is 0 Å². The molecule has 1 N–H and O–H groups in total. The van der Waals surface area contributed by atoms with Crippen molar-refractivity contribution < 1.29 is 9.47 Å². The maximum Gasteiger partial charge on any atom is 0.231 e. The molecular weight excluding hydrogens is 284 g/mol. The van der Waals surface area contributed by atoms with Crippen LogP contribution in [0.3, 0.4) is 0 Å². The third kappa shape index (κ3) is 2.84. The van der Waals surface area contributed by atoms with Crippen molar-refractivity contribution in [2.75, 3.05) is 12.5 Å². The number of ether oxygens (including phenoxy) is 2. The monoisotopic (exact) mass is 304 g/mol. The molecule has 2 heterocycles. The number of thioether (sulfide) groups is 1. The highest BCUT2D eigenvalue weighted by molar-refractivity contribution is 8.13. The van der Waals surface area contributed by atoms with E-state index in [1.165, 1.54) is 37.0 Å². The van der Waals surface area contributed by atoms with Crippen LogP contribution in [0.15, 0.2) is 23.2 Å². The van der Waals surface area contributed by atoms with Crippen molar-refractivity contribution in [3.63, 3.8) is 0 Å². The van der Waals surface area contributed by atoms with Crippen molar-refractivity contribution in [2.45, 2.75) is 38.3 Å². The molecule has 3 aliphatic rings. The summed E-state index contributed by atoms with van der Waals surface area (Å²) < 4.78 is 10.7. The van der Waals surface area contributed by atoms with Crippen molar-refractivity contribution in [1.29, 1.82) is 0 Å². The van der Waals surface area contributed by atoms with Crippen molar-refractivity contribution in [3.8, 4) is 11.5 Å². The van der Waals surface area contributed by atoms with E-state index < -0.39 is 0 Å². The van der Waals surface area contributed by atoms with Gasteiger partial charge < -0.3 is 14.8 Å². The van der Waals surface area contributed by atoms with E-state index in [1.54, 1.807) is 0 Å². The second kappa shape index (κ2) is 5.79. The molecule has 1 aromatic rings. The second-order valence-electron chi connectivity index (χ2n) is 5.92. The number of benzene rings is 1. The van der Waals surface area contributed by atoms with Gasteiger partial charge in [0.15, 0.2) is 16.7 Å². The standard InChI is InChI=1S/C16H20N2O2S/c1-2-4-13-12(3-1)9-21-16(18-13)17-8-11-5-6-14-15(7-11)20-10-19-14/h5-7,12-13H,1-4,8-10H2,(H,17,18). The molecule has 5 heteroatoms. The normalized spacial score (nSPS) is 29.0. The fourth-order valence-corrected chi connectivity index (χ4v) is 4.44. The first-order chi connectivity index (χ1) is 10.4. The maximum absolute atomic E-state index is 5.41. The van der Waals surface area contributed by atoms with Crippen LogP contribution < -0.4 is 14.8 Å². The summed E-state index contributed by atoms with van der Waals surface area (Å²) in [6, 6.07) is 6.71. The minimum Gasteiger partial charge on any atom is -0.454 e. The van der Waals surface area contributed by atoms with Crippen molar-refractivity contribution in [1.82, 2.24) is 5.32 Å². The average Bonchev–Trinajstić information content (AvgIpc) is 3.00. The lowest BCUT2D eigenvalue weighted by atomic mass is 9.86. The molecule has 2 aliphatic heterocycles. The Labute approximate surface area is 129 Å². The highest BCUT2D eigenvalue weighted by Gasteiger charge is 2.30. The molecule has 1 aromatic carbocycles. The number of hydrogen-bond acceptors (Lipinski definition) is 4. The summed E-state index contributed by atoms with van der Waals surface area (Å²) in [6.07, 6.45) is 5.43. The molecule has 4 nitrogen and oxygen atoms in total. The summed E-state index contributed by atoms with van der Waals surface area (Å²) in [4.78, 5) is 4.74. The molecule has 0 spiro atoms. The Morgan fingerprint density at radius 3 is 3.10 bits per heavy atom. The second-order valence-corrected chi connectivity index (χ2v) is 6.92. The number of nitrogens with zero attached hydrogens (tertiary/aromatic N) is 1. The highest BCUT2D eigenvalue weighted by atomic mass is 32.2. The predicted molar refractivity (Wildman–Crippen MR) is 85.0 cm³/mol. The summed E-state index contributed by atoms with van der Waals surface area (Å²) in [5, 5.41) is 4.74. The fraction of sp³-hybridized carbons (Fsp3) is 0.562. The number of amidine groups is 1. The van der Waals surface area contributed by atoms with Gasteiger partial charge >= 0.3 is 0 Å². The first-order valence-corrected chi connectivity index (χ1v) is 8.69. The van der Waals surface area contributed by atoms with Crippen LogP contribution in [0.1, 0.15) is 31.2 Å². The smallest absolute Gasteiger partial charge is 0.231 e. The fourth-order valence-electron chi connectivity index (χ4n) is 3.28. The number of rotatable bonds is 2. The largest absolute Gasteiger partial charge is 0.454 e. The maximum atomic E-state index is 5.41. The third-order valence-corrected chi connectivity index (χ3v) is 5.61. The Balaban J connectivity index is 1.41. The van der Waals surface area contributed by atoms with Gasteiger partial charge in [0.2, 0.25) is 6.79 Å². The summed E-state index contributed by atoms with van der Waals surface area (Å²) in [6.45, 7) is 1.02. The zero-order valence-electron chi connectivity index (χ0n) is 12.0. The Hall–Kier alpha value is -1.36. The van der Waals surface area contributed by atoms with Crippen LogP contribution in [0, 0.1) is 5.92 Å². The molecule has 2 fully saturated rings. The van der Waals surface area contributed by atoms with Gasteiger partial charge in [0.1, 0.15) is 0 Å². The third-order valence-electron chi connectivity index (χ3n) is 4.49. The van der Waals surface area contributed by atoms with Gasteiger partial charge in [-0.2, -0.15) is 0 Å². The van der Waals surface area contributed by atoms with Gasteiger partial charge in [-0.05, 0) is 36.5 Å². The average molecular weight is 304 g/mol. The van der Waals surface area contributed by atoms with E-state index in [2.05, 4.69) is 11.4 Å². The molecular formula is C16H20N2O2S. The highest BCUT2D eigenvalue weighted by Crippen LogP contribution is 2.33. The van der Waals surface area contributed by atoms with Crippen molar-refractivity contribution in [2.24, 2.45) is 10.9 Å². The van der Waals surface area contributed by atoms with Crippen LogP contribution in [-0.4, -0.2) is 23.8 Å². The molecule has 0 bridgehead atoms. The van der Waals surface area contributed by atoms with E-state index in [0.29, 0.717) is 19.4 Å². The molecule has 1 saturated heterocycles. The van der Waals surface area contributed by atoms with Crippen LogP contribution in [0.4, 0.5) is 0 Å². The molecule has 0 amide bonds. The van der Waals surface area contributed by atoms with Gasteiger partial charge in [-0.15, -0.1) is 0 Å². The SMILES string of the molecule is c1cc2c(cc1CN=C1NC3CCCCC3CS1)OCO2. The molecule has 1 aliphatic carbocycles. The van der Waals surface area contributed by atoms with Gasteiger partial charge in [0, 0.05) is 11.8 Å². The zero-order valence-corrected chi connectivity index (χ0v) is 12.8. The topological polar surface area (TPSA) is 42.9 Å². The lowest BCUT2D eigenvalue weighted by Gasteiger charge is -2.36. The predicted octanol–water partition coefficient (Wildman–Crippen LogP) is 3.17. The lowest BCUT2D eigenvalue weighted by molar-refractivity contribution is 0.174. The quantitative estimate of drug-likeness (QED) is 0.911. The molecule has 1 saturated carbocycles. The summed E-state index contributed by atoms with van der Waals surface area (Å²) >= 11 is 1.88. The molecule has 2 unspecified atom stereocenters. The van der Waals surface area contributed by atoms with Gasteiger partial charge in [-0.25, -0.2) is 0 Å². The van der Waals surface area contributed by atoms with Gasteiger partial charge in [0.05, 0.1) is 6.54 Å². The van der Waals surface area contributed by atoms with Crippen LogP contribution in [-0.2, 0) is 6.54 Å². The van der Waals surface area contributed by atoms with E-state index >= 15 is 0 Å². The van der Waals surface area contributed by atoms with Crippen molar-refractivity contribution in [3.05, 3.63) is 23.8 Å². The van der Waals surface area contributed by atoms with E-state index in [4.69, 9.17) is 14.5 Å². The summed E-state index contributed by atoms with van der Waals surface area (Å²) in [5.41, 5.74) is 1.17. The van der Waals surface area contributed by atoms with Gasteiger partial charge in [-0.1, -0.05) is 30.7 Å². The summed E-state index contributed by atoms with van der Waals surface area (Å²) in [5.74, 6) is 3.73. The Morgan fingerprint density at radius 2 is 2.10 bits per heavy atom. The van der Waals surface area contributed by atoms with Crippen LogP contribution >= 0.6 is 11.8 Å². The number of nitrogens with one attached hydrogen (secondary N) is 1.